The van der Waals surface area contributed by atoms with Crippen molar-refractivity contribution in [2.75, 3.05) is 47.7 Å². The van der Waals surface area contributed by atoms with Gasteiger partial charge in [-0.25, -0.2) is 9.09 Å². The number of carbonyl (C=O) groups is 3. The van der Waals surface area contributed by atoms with Crippen molar-refractivity contribution >= 4 is 25.5 Å². The third-order valence-electron chi connectivity index (χ3n) is 4.54. The Bertz CT molecular complexity index is 672. The second-order valence-corrected chi connectivity index (χ2v) is 10.7. The molecule has 0 heterocycles. The fourth-order valence-corrected chi connectivity index (χ4v) is 3.12. The van der Waals surface area contributed by atoms with Crippen molar-refractivity contribution in [2.24, 2.45) is 10.8 Å². The van der Waals surface area contributed by atoms with Gasteiger partial charge in [0.1, 0.15) is 12.0 Å². The highest BCUT2D eigenvalue weighted by Gasteiger charge is 2.44. The van der Waals surface area contributed by atoms with Gasteiger partial charge < -0.3 is 18.9 Å². The second-order valence-electron chi connectivity index (χ2n) is 9.29. The van der Waals surface area contributed by atoms with Crippen LogP contribution in [0.3, 0.4) is 0 Å². The first-order valence-electron chi connectivity index (χ1n) is 10.3. The maximum absolute atomic E-state index is 12.9. The molecule has 11 heteroatoms. The number of hydrogen-bond acceptors (Lipinski definition) is 8. The summed E-state index contributed by atoms with van der Waals surface area (Å²) < 4.78 is 32.0. The number of carbonyl (C=O) groups excluding carboxylic acids is 3. The van der Waals surface area contributed by atoms with Crippen molar-refractivity contribution in [3.63, 3.8) is 0 Å². The molecular weight excluding hydrogens is 429 g/mol. The number of ketones is 1. The molecule has 0 fully saturated rings. The smallest absolute Gasteiger partial charge is 0.465 e. The number of Topliss-reactive ketones (excluding diaryl/α,β-unsaturated/α-hetero) is 1. The lowest BCUT2D eigenvalue weighted by molar-refractivity contribution is -0.887. The molecular formula is C20H39NO9P+. The Kier molecular flexibility index (Phi) is 11.5. The van der Waals surface area contributed by atoms with Crippen LogP contribution in [0.5, 0.6) is 0 Å². The molecule has 0 amide bonds. The highest BCUT2D eigenvalue weighted by Crippen LogP contribution is 2.43. The molecule has 0 saturated carbocycles. The van der Waals surface area contributed by atoms with E-state index < -0.39 is 36.4 Å². The predicted molar refractivity (Wildman–Crippen MR) is 114 cm³/mol. The second kappa shape index (κ2) is 12.1. The van der Waals surface area contributed by atoms with Gasteiger partial charge in [-0.05, 0) is 33.6 Å². The van der Waals surface area contributed by atoms with Crippen LogP contribution in [0.25, 0.3) is 0 Å². The number of ether oxygens (including phenoxy) is 2. The van der Waals surface area contributed by atoms with Crippen LogP contribution in [-0.4, -0.2) is 74.8 Å². The average Bonchev–Trinajstić information content (AvgIpc) is 2.66. The van der Waals surface area contributed by atoms with Crippen LogP contribution >= 0.6 is 7.82 Å². The molecule has 31 heavy (non-hydrogen) atoms. The van der Waals surface area contributed by atoms with Crippen molar-refractivity contribution in [1.82, 2.24) is 0 Å². The Hall–Kier alpha value is -1.32. The van der Waals surface area contributed by atoms with Crippen LogP contribution in [0.2, 0.25) is 0 Å². The van der Waals surface area contributed by atoms with Crippen molar-refractivity contribution < 1.29 is 46.8 Å². The van der Waals surface area contributed by atoms with Gasteiger partial charge in [-0.15, -0.1) is 0 Å². The summed E-state index contributed by atoms with van der Waals surface area (Å²) in [4.78, 5) is 47.3. The predicted octanol–water partition coefficient (Wildman–Crippen LogP) is 2.68. The zero-order valence-electron chi connectivity index (χ0n) is 20.1. The van der Waals surface area contributed by atoms with Crippen LogP contribution in [0.4, 0.5) is 0 Å². The van der Waals surface area contributed by atoms with Gasteiger partial charge in [-0.3, -0.25) is 18.9 Å². The molecule has 0 bridgehead atoms. The molecule has 182 valence electrons. The van der Waals surface area contributed by atoms with Gasteiger partial charge in [-0.1, -0.05) is 13.8 Å². The van der Waals surface area contributed by atoms with Crippen molar-refractivity contribution in [2.45, 2.75) is 53.9 Å². The minimum Gasteiger partial charge on any atom is -0.465 e. The average molecular weight is 469 g/mol. The summed E-state index contributed by atoms with van der Waals surface area (Å²) in [6, 6.07) is 0. The fraction of sp³-hybridized carbons (Fsp3) is 0.850. The van der Waals surface area contributed by atoms with Crippen LogP contribution in [0, 0.1) is 10.8 Å². The molecule has 10 nitrogen and oxygen atoms in total. The summed E-state index contributed by atoms with van der Waals surface area (Å²) in [5, 5.41) is 0. The van der Waals surface area contributed by atoms with E-state index in [0.717, 1.165) is 0 Å². The summed E-state index contributed by atoms with van der Waals surface area (Å²) in [7, 11) is 1.03. The number of nitrogens with zero attached hydrogens (tertiary/aromatic N) is 1. The number of hydrogen-bond donors (Lipinski definition) is 1. The SMILES string of the molecule is CCCOC(=O)C(C)(C)CC(=O)C(C)(CC)C(=O)OCCOP(=O)(O)OC[N+](C)(C)C. The first kappa shape index (κ1) is 29.7. The summed E-state index contributed by atoms with van der Waals surface area (Å²) >= 11 is 0. The van der Waals surface area contributed by atoms with E-state index in [9.17, 15) is 23.8 Å². The van der Waals surface area contributed by atoms with Crippen molar-refractivity contribution in [3.05, 3.63) is 0 Å². The fourth-order valence-electron chi connectivity index (χ4n) is 2.24. The Morgan fingerprint density at radius 3 is 1.94 bits per heavy atom. The van der Waals surface area contributed by atoms with E-state index in [2.05, 4.69) is 0 Å². The van der Waals surface area contributed by atoms with Crippen molar-refractivity contribution in [3.8, 4) is 0 Å². The lowest BCUT2D eigenvalue weighted by Crippen LogP contribution is -2.41. The van der Waals surface area contributed by atoms with Gasteiger partial charge in [0.25, 0.3) is 0 Å². The standard InChI is InChI=1S/C20H38NO9P/c1-9-11-27-17(23)19(3,4)14-16(22)20(5,10-2)18(24)28-12-13-29-31(25,26)30-15-21(6,7)8/h9-15H2,1-8H3/p+1. The third kappa shape index (κ3) is 10.7. The van der Waals surface area contributed by atoms with E-state index in [1.165, 1.54) is 6.92 Å². The zero-order chi connectivity index (χ0) is 24.5. The molecule has 0 aromatic heterocycles. The van der Waals surface area contributed by atoms with E-state index in [1.807, 2.05) is 6.92 Å². The summed E-state index contributed by atoms with van der Waals surface area (Å²) in [5.41, 5.74) is -2.55. The number of rotatable bonds is 15. The molecule has 0 aromatic rings. The Balaban J connectivity index is 4.81. The third-order valence-corrected chi connectivity index (χ3v) is 5.50. The van der Waals surface area contributed by atoms with Crippen LogP contribution in [-0.2, 0) is 37.5 Å². The lowest BCUT2D eigenvalue weighted by atomic mass is 9.75. The molecule has 2 atom stereocenters. The summed E-state index contributed by atoms with van der Waals surface area (Å²) in [5.74, 6) is -1.74. The highest BCUT2D eigenvalue weighted by atomic mass is 31.2. The first-order valence-corrected chi connectivity index (χ1v) is 11.8. The number of phosphoric ester groups is 1. The minimum atomic E-state index is -4.29. The number of phosphoric acid groups is 1. The Labute approximate surface area is 185 Å². The maximum Gasteiger partial charge on any atom is 0.476 e. The molecule has 0 aliphatic rings. The van der Waals surface area contributed by atoms with Gasteiger partial charge in [0.15, 0.2) is 12.5 Å². The molecule has 0 spiro atoms. The molecule has 0 rings (SSSR count). The first-order chi connectivity index (χ1) is 14.0. The van der Waals surface area contributed by atoms with Gasteiger partial charge in [0.05, 0.1) is 39.8 Å². The van der Waals surface area contributed by atoms with Crippen LogP contribution in [0.15, 0.2) is 0 Å². The van der Waals surface area contributed by atoms with E-state index >= 15 is 0 Å². The van der Waals surface area contributed by atoms with Gasteiger partial charge >= 0.3 is 19.8 Å². The van der Waals surface area contributed by atoms with E-state index in [-0.39, 0.29) is 39.4 Å². The van der Waals surface area contributed by atoms with Crippen molar-refractivity contribution in [1.29, 1.82) is 0 Å². The van der Waals surface area contributed by atoms with E-state index in [0.29, 0.717) is 10.9 Å². The van der Waals surface area contributed by atoms with Gasteiger partial charge in [0.2, 0.25) is 0 Å². The highest BCUT2D eigenvalue weighted by molar-refractivity contribution is 7.47. The molecule has 0 saturated heterocycles. The molecule has 0 aromatic carbocycles. The lowest BCUT2D eigenvalue weighted by Gasteiger charge is -2.29. The largest absolute Gasteiger partial charge is 0.476 e. The van der Waals surface area contributed by atoms with Crippen LogP contribution in [0.1, 0.15) is 53.9 Å². The normalized spacial score (nSPS) is 16.2. The monoisotopic (exact) mass is 468 g/mol. The zero-order valence-corrected chi connectivity index (χ0v) is 21.0. The minimum absolute atomic E-state index is 0.0492. The van der Waals surface area contributed by atoms with Crippen LogP contribution < -0.4 is 0 Å². The van der Waals surface area contributed by atoms with Gasteiger partial charge in [0, 0.05) is 6.42 Å². The van der Waals surface area contributed by atoms with E-state index in [1.54, 1.807) is 41.9 Å². The van der Waals surface area contributed by atoms with Gasteiger partial charge in [-0.2, -0.15) is 0 Å². The molecule has 0 aliphatic carbocycles. The number of quaternary nitrogens is 1. The maximum atomic E-state index is 12.9. The molecule has 0 aliphatic heterocycles. The summed E-state index contributed by atoms with van der Waals surface area (Å²) in [6.07, 6.45) is 0.644. The molecule has 0 radical (unpaired) electrons. The Morgan fingerprint density at radius 1 is 0.903 bits per heavy atom. The summed E-state index contributed by atoms with van der Waals surface area (Å²) in [6.45, 7) is 7.67. The number of esters is 2. The quantitative estimate of drug-likeness (QED) is 0.0964. The topological polar surface area (TPSA) is 125 Å². The Morgan fingerprint density at radius 2 is 1.45 bits per heavy atom. The molecule has 2 unspecified atom stereocenters. The van der Waals surface area contributed by atoms with E-state index in [4.69, 9.17) is 18.5 Å². The molecule has 1 N–H and O–H groups in total.